The maximum Gasteiger partial charge on any atom is 0.175 e. The number of amidine groups is 1. The fraction of sp³-hybridized carbons (Fsp3) is 0.579. The molecule has 1 aliphatic carbocycles. The molecule has 0 radical (unpaired) electrons. The molecule has 0 aromatic heterocycles. The molecular weight excluding hydrogens is 302 g/mol. The summed E-state index contributed by atoms with van der Waals surface area (Å²) < 4.78 is 0. The molecule has 1 aromatic carbocycles. The van der Waals surface area contributed by atoms with Crippen molar-refractivity contribution in [3.05, 3.63) is 35.9 Å². The molecule has 0 atom stereocenters. The zero-order valence-electron chi connectivity index (χ0n) is 14.1. The Morgan fingerprint density at radius 2 is 1.91 bits per heavy atom. The predicted molar refractivity (Wildman–Crippen MR) is 101 cm³/mol. The minimum Gasteiger partial charge on any atom is -0.336 e. The molecule has 0 amide bonds. The SMILES string of the molecule is CCCCN1C(=S)NC(=NCc2ccccc2)C12CCCCC2. The van der Waals surface area contributed by atoms with Gasteiger partial charge in [-0.05, 0) is 37.0 Å². The van der Waals surface area contributed by atoms with Gasteiger partial charge in [-0.15, -0.1) is 0 Å². The number of nitrogens with one attached hydrogen (secondary N) is 1. The third-order valence-corrected chi connectivity index (χ3v) is 5.43. The Morgan fingerprint density at radius 3 is 2.61 bits per heavy atom. The number of rotatable bonds is 5. The van der Waals surface area contributed by atoms with Gasteiger partial charge in [0, 0.05) is 6.54 Å². The molecule has 1 heterocycles. The molecule has 4 heteroatoms. The van der Waals surface area contributed by atoms with Crippen LogP contribution in [0.25, 0.3) is 0 Å². The van der Waals surface area contributed by atoms with Crippen molar-refractivity contribution in [3.63, 3.8) is 0 Å². The largest absolute Gasteiger partial charge is 0.336 e. The van der Waals surface area contributed by atoms with Crippen molar-refractivity contribution in [1.29, 1.82) is 0 Å². The average Bonchev–Trinajstić information content (AvgIpc) is 2.84. The van der Waals surface area contributed by atoms with E-state index < -0.39 is 0 Å². The number of nitrogens with zero attached hydrogens (tertiary/aromatic N) is 2. The number of hydrogen-bond donors (Lipinski definition) is 1. The Kier molecular flexibility index (Phi) is 5.31. The molecule has 124 valence electrons. The average molecular weight is 330 g/mol. The van der Waals surface area contributed by atoms with Gasteiger partial charge in [0.25, 0.3) is 0 Å². The van der Waals surface area contributed by atoms with Gasteiger partial charge in [0.1, 0.15) is 5.84 Å². The lowest BCUT2D eigenvalue weighted by Crippen LogP contribution is -2.51. The molecule has 0 bridgehead atoms. The third-order valence-electron chi connectivity index (χ3n) is 5.11. The van der Waals surface area contributed by atoms with Crippen molar-refractivity contribution < 1.29 is 0 Å². The first-order valence-corrected chi connectivity index (χ1v) is 9.34. The van der Waals surface area contributed by atoms with E-state index in [-0.39, 0.29) is 5.54 Å². The van der Waals surface area contributed by atoms with Gasteiger partial charge in [0.05, 0.1) is 12.1 Å². The lowest BCUT2D eigenvalue weighted by atomic mass is 9.80. The molecule has 0 unspecified atom stereocenters. The van der Waals surface area contributed by atoms with Crippen LogP contribution in [-0.4, -0.2) is 27.9 Å². The van der Waals surface area contributed by atoms with Gasteiger partial charge < -0.3 is 10.2 Å². The van der Waals surface area contributed by atoms with Gasteiger partial charge in [-0.3, -0.25) is 4.99 Å². The molecule has 1 saturated carbocycles. The van der Waals surface area contributed by atoms with Crippen molar-refractivity contribution in [2.45, 2.75) is 64.0 Å². The molecular formula is C19H27N3S. The van der Waals surface area contributed by atoms with Gasteiger partial charge in [-0.1, -0.05) is 62.9 Å². The van der Waals surface area contributed by atoms with Gasteiger partial charge in [-0.2, -0.15) is 0 Å². The van der Waals surface area contributed by atoms with E-state index in [2.05, 4.69) is 47.5 Å². The number of aliphatic imine (C=N–C) groups is 1. The molecule has 1 aliphatic heterocycles. The Hall–Kier alpha value is -1.42. The molecule has 1 N–H and O–H groups in total. The zero-order chi connectivity index (χ0) is 16.1. The van der Waals surface area contributed by atoms with E-state index in [4.69, 9.17) is 17.2 Å². The summed E-state index contributed by atoms with van der Waals surface area (Å²) in [5.41, 5.74) is 1.30. The minimum absolute atomic E-state index is 0.0410. The van der Waals surface area contributed by atoms with Crippen LogP contribution in [0, 0.1) is 0 Å². The van der Waals surface area contributed by atoms with E-state index in [1.54, 1.807) is 0 Å². The summed E-state index contributed by atoms with van der Waals surface area (Å²) >= 11 is 5.65. The maximum absolute atomic E-state index is 5.65. The molecule has 1 spiro atoms. The summed E-state index contributed by atoms with van der Waals surface area (Å²) in [7, 11) is 0. The molecule has 1 aromatic rings. The van der Waals surface area contributed by atoms with Crippen molar-refractivity contribution >= 4 is 23.2 Å². The van der Waals surface area contributed by atoms with E-state index in [9.17, 15) is 0 Å². The van der Waals surface area contributed by atoms with E-state index in [1.165, 1.54) is 50.5 Å². The van der Waals surface area contributed by atoms with Crippen LogP contribution in [0.3, 0.4) is 0 Å². The van der Waals surface area contributed by atoms with Crippen LogP contribution in [-0.2, 0) is 6.54 Å². The monoisotopic (exact) mass is 329 g/mol. The Bertz CT molecular complexity index is 561. The molecule has 3 nitrogen and oxygen atoms in total. The fourth-order valence-electron chi connectivity index (χ4n) is 3.82. The van der Waals surface area contributed by atoms with Crippen LogP contribution in [0.1, 0.15) is 57.4 Å². The van der Waals surface area contributed by atoms with Gasteiger partial charge in [-0.25, -0.2) is 0 Å². The van der Waals surface area contributed by atoms with Crippen LogP contribution in [0.4, 0.5) is 0 Å². The molecule has 3 rings (SSSR count). The van der Waals surface area contributed by atoms with Crippen molar-refractivity contribution in [1.82, 2.24) is 10.2 Å². The van der Waals surface area contributed by atoms with Crippen molar-refractivity contribution in [3.8, 4) is 0 Å². The Morgan fingerprint density at radius 1 is 1.17 bits per heavy atom. The quantitative estimate of drug-likeness (QED) is 0.817. The highest BCUT2D eigenvalue weighted by Gasteiger charge is 2.48. The smallest absolute Gasteiger partial charge is 0.175 e. The second kappa shape index (κ2) is 7.43. The maximum atomic E-state index is 5.65. The highest BCUT2D eigenvalue weighted by Crippen LogP contribution is 2.38. The van der Waals surface area contributed by atoms with Crippen LogP contribution >= 0.6 is 12.2 Å². The molecule has 2 aliphatic rings. The van der Waals surface area contributed by atoms with Crippen LogP contribution in [0.15, 0.2) is 35.3 Å². The first kappa shape index (κ1) is 16.4. The van der Waals surface area contributed by atoms with Crippen LogP contribution in [0.5, 0.6) is 0 Å². The first-order chi connectivity index (χ1) is 11.3. The third kappa shape index (κ3) is 3.42. The van der Waals surface area contributed by atoms with Crippen molar-refractivity contribution in [2.75, 3.05) is 6.54 Å². The summed E-state index contributed by atoms with van der Waals surface area (Å²) in [6, 6.07) is 10.5. The molecule has 2 fully saturated rings. The molecule has 23 heavy (non-hydrogen) atoms. The summed E-state index contributed by atoms with van der Waals surface area (Å²) in [5, 5.41) is 4.33. The zero-order valence-corrected chi connectivity index (χ0v) is 14.9. The van der Waals surface area contributed by atoms with E-state index >= 15 is 0 Å². The standard InChI is InChI=1S/C19H27N3S/c1-2-3-14-22-18(23)21-17(19(22)12-8-5-9-13-19)20-15-16-10-6-4-7-11-16/h4,6-7,10-11H,2-3,5,8-9,12-15H2,1H3,(H,20,21,23). The van der Waals surface area contributed by atoms with Gasteiger partial charge in [0.15, 0.2) is 5.11 Å². The minimum atomic E-state index is 0.0410. The van der Waals surface area contributed by atoms with Crippen LogP contribution in [0.2, 0.25) is 0 Å². The topological polar surface area (TPSA) is 27.6 Å². The lowest BCUT2D eigenvalue weighted by Gasteiger charge is -2.41. The summed E-state index contributed by atoms with van der Waals surface area (Å²) in [6.07, 6.45) is 8.63. The number of thiocarbonyl (C=S) groups is 1. The van der Waals surface area contributed by atoms with Crippen LogP contribution < -0.4 is 5.32 Å². The number of unbranched alkanes of at least 4 members (excludes halogenated alkanes) is 1. The summed E-state index contributed by atoms with van der Waals surface area (Å²) in [5.74, 6) is 1.11. The van der Waals surface area contributed by atoms with E-state index in [1.807, 2.05) is 0 Å². The Balaban J connectivity index is 1.84. The van der Waals surface area contributed by atoms with E-state index in [0.717, 1.165) is 24.0 Å². The normalized spacial score (nSPS) is 21.9. The van der Waals surface area contributed by atoms with Gasteiger partial charge >= 0.3 is 0 Å². The molecule has 1 saturated heterocycles. The van der Waals surface area contributed by atoms with E-state index in [0.29, 0.717) is 0 Å². The fourth-order valence-corrected chi connectivity index (χ4v) is 4.19. The number of benzene rings is 1. The number of hydrogen-bond acceptors (Lipinski definition) is 2. The van der Waals surface area contributed by atoms with Gasteiger partial charge in [0.2, 0.25) is 0 Å². The predicted octanol–water partition coefficient (Wildman–Crippen LogP) is 4.28. The second-order valence-corrected chi connectivity index (χ2v) is 7.06. The highest BCUT2D eigenvalue weighted by molar-refractivity contribution is 7.80. The Labute approximate surface area is 145 Å². The van der Waals surface area contributed by atoms with Crippen molar-refractivity contribution in [2.24, 2.45) is 4.99 Å². The summed E-state index contributed by atoms with van der Waals surface area (Å²) in [4.78, 5) is 7.39. The first-order valence-electron chi connectivity index (χ1n) is 8.94. The summed E-state index contributed by atoms with van der Waals surface area (Å²) in [6.45, 7) is 4.02. The second-order valence-electron chi connectivity index (χ2n) is 6.68. The lowest BCUT2D eigenvalue weighted by molar-refractivity contribution is 0.197. The highest BCUT2D eigenvalue weighted by atomic mass is 32.1.